The molecule has 0 unspecified atom stereocenters. The topological polar surface area (TPSA) is 154 Å². The summed E-state index contributed by atoms with van der Waals surface area (Å²) in [6, 6.07) is 16.4. The van der Waals surface area contributed by atoms with Crippen LogP contribution in [-0.2, 0) is 60.6 Å². The number of ketones is 3. The monoisotopic (exact) mass is 1030 g/mol. The molecule has 2 aromatic carbocycles. The molecule has 12 nitrogen and oxygen atoms in total. The number of allylic oxidation sites excluding steroid dienone is 1. The third-order valence-corrected chi connectivity index (χ3v) is 12.3. The van der Waals surface area contributed by atoms with Crippen LogP contribution in [0.1, 0.15) is 181 Å². The van der Waals surface area contributed by atoms with Crippen LogP contribution in [0.3, 0.4) is 0 Å². The summed E-state index contributed by atoms with van der Waals surface area (Å²) in [4.78, 5) is 103. The maximum Gasteiger partial charge on any atom is 0.329 e. The van der Waals surface area contributed by atoms with Crippen molar-refractivity contribution in [2.45, 2.75) is 213 Å². The van der Waals surface area contributed by atoms with Crippen molar-refractivity contribution in [3.8, 4) is 0 Å². The van der Waals surface area contributed by atoms with Gasteiger partial charge in [-0.05, 0) is 67.4 Å². The molecule has 0 radical (unpaired) electrons. The first-order chi connectivity index (χ1) is 35.0. The second-order valence-corrected chi connectivity index (χ2v) is 20.2. The number of esters is 2. The van der Waals surface area contributed by atoms with Crippen LogP contribution >= 0.6 is 0 Å². The highest BCUT2D eigenvalue weighted by atomic mass is 16.6. The van der Waals surface area contributed by atoms with Gasteiger partial charge >= 0.3 is 11.9 Å². The molecule has 420 valence electrons. The van der Waals surface area contributed by atoms with Crippen molar-refractivity contribution >= 4 is 41.1 Å². The smallest absolute Gasteiger partial charge is 0.329 e. The largest absolute Gasteiger partial charge is 0.485 e. The Labute approximate surface area is 449 Å². The van der Waals surface area contributed by atoms with E-state index in [0.717, 1.165) is 5.56 Å². The molecule has 0 N–H and O–H groups in total. The minimum atomic E-state index is -1.36. The third kappa shape index (κ3) is 25.4. The van der Waals surface area contributed by atoms with E-state index in [1.54, 1.807) is 38.2 Å². The molecule has 0 bridgehead atoms. The Bertz CT molecular complexity index is 1810. The van der Waals surface area contributed by atoms with Crippen molar-refractivity contribution in [2.75, 3.05) is 14.1 Å². The van der Waals surface area contributed by atoms with Gasteiger partial charge in [-0.25, -0.2) is 4.79 Å². The Morgan fingerprint density at radius 3 is 1.28 bits per heavy atom. The zero-order valence-corrected chi connectivity index (χ0v) is 49.7. The van der Waals surface area contributed by atoms with Crippen molar-refractivity contribution in [1.82, 2.24) is 9.80 Å². The van der Waals surface area contributed by atoms with Gasteiger partial charge in [-0.2, -0.15) is 0 Å². The van der Waals surface area contributed by atoms with Gasteiger partial charge in [-0.15, -0.1) is 0 Å². The number of hydrogen-bond donors (Lipinski definition) is 0. The summed E-state index contributed by atoms with van der Waals surface area (Å²) in [5, 5.41) is 0. The number of nitrogens with zero attached hydrogens (tertiary/aromatic N) is 2. The van der Waals surface area contributed by atoms with E-state index in [1.807, 2.05) is 147 Å². The van der Waals surface area contributed by atoms with Gasteiger partial charge in [-0.3, -0.25) is 28.8 Å². The summed E-state index contributed by atoms with van der Waals surface area (Å²) in [5.41, 5.74) is 1.52. The van der Waals surface area contributed by atoms with Gasteiger partial charge in [0.15, 0.2) is 29.9 Å². The SMILES string of the molecule is C=C1O[C@H](Cc2ccccc2)C(=O)N(C)[C@@H](CC(C)C)C(=O)C[C@H](C)C(=O)C[C@@H](CC(C)C)C(=O)O[C@H](Cc2ccccc2)C(=O)N(C)[C@@H](CC(C)C)C(=O)O[C@H](C)C(=O)C[C@H]1CC(C)C.CC.CC.CC.CC. The van der Waals surface area contributed by atoms with Crippen LogP contribution in [-0.4, -0.2) is 95.4 Å². The molecule has 1 heterocycles. The predicted octanol–water partition coefficient (Wildman–Crippen LogP) is 12.9. The molecule has 1 aliphatic rings. The molecule has 2 amide bonds. The van der Waals surface area contributed by atoms with Crippen LogP contribution in [0, 0.1) is 41.4 Å². The quantitative estimate of drug-likeness (QED) is 0.188. The maximum atomic E-state index is 14.7. The molecule has 0 saturated carbocycles. The lowest BCUT2D eigenvalue weighted by molar-refractivity contribution is -0.170. The molecule has 0 aliphatic carbocycles. The van der Waals surface area contributed by atoms with Gasteiger partial charge in [0, 0.05) is 58.0 Å². The number of amides is 2. The molecule has 8 atom stereocenters. The lowest BCUT2D eigenvalue weighted by Crippen LogP contribution is -2.50. The highest BCUT2D eigenvalue weighted by Gasteiger charge is 2.40. The van der Waals surface area contributed by atoms with E-state index in [4.69, 9.17) is 14.2 Å². The number of ether oxygens (including phenoxy) is 3. The summed E-state index contributed by atoms with van der Waals surface area (Å²) < 4.78 is 18.5. The lowest BCUT2D eigenvalue weighted by Gasteiger charge is -2.34. The highest BCUT2D eigenvalue weighted by molar-refractivity contribution is 5.95. The number of likely N-dealkylation sites (N-methyl/N-ethyl adjacent to an activating group) is 2. The lowest BCUT2D eigenvalue weighted by atomic mass is 9.86. The Morgan fingerprint density at radius 1 is 0.473 bits per heavy atom. The average molecular weight is 1040 g/mol. The number of Topliss-reactive ketones (excluding diaryl/α,β-unsaturated/α-hetero) is 3. The van der Waals surface area contributed by atoms with Gasteiger partial charge in [0.2, 0.25) is 0 Å². The van der Waals surface area contributed by atoms with E-state index >= 15 is 0 Å². The first-order valence-corrected chi connectivity index (χ1v) is 27.9. The van der Waals surface area contributed by atoms with Crippen LogP contribution in [0.5, 0.6) is 0 Å². The number of benzene rings is 2. The molecule has 1 saturated heterocycles. The van der Waals surface area contributed by atoms with Crippen LogP contribution in [0.25, 0.3) is 0 Å². The first kappa shape index (κ1) is 70.9. The number of carbonyl (C=O) groups is 7. The molecule has 0 aromatic heterocycles. The van der Waals surface area contributed by atoms with Gasteiger partial charge in [0.25, 0.3) is 11.8 Å². The average Bonchev–Trinajstić information content (AvgIpc) is 3.37. The Balaban J connectivity index is 0. The first-order valence-electron chi connectivity index (χ1n) is 27.9. The Morgan fingerprint density at radius 2 is 0.851 bits per heavy atom. The maximum absolute atomic E-state index is 14.7. The standard InChI is InChI=1S/C54H78N2O10.4C2H6/c1-33(2)24-42-31-47(58)39(11)65-54(63)45(27-36(7)8)56(13)52(61)50(30-41-22-18-15-19-23-41)66-53(62)43(25-34(3)4)32-46(57)37(9)28-48(59)44(26-35(5)6)55(12)51(60)49(64-38(42)10)29-40-20-16-14-17-21-40;4*1-2/h14-23,33-37,39,42-45,49-50H,10,24-32H2,1-9,11-13H3;4*1-2H3/t37-,39+,42+,43+,44-,45-,49+,50+;;;;/m0..../s1. The minimum absolute atomic E-state index is 0.000217. The van der Waals surface area contributed by atoms with Gasteiger partial charge in [-0.1, -0.05) is 185 Å². The van der Waals surface area contributed by atoms with Gasteiger partial charge < -0.3 is 24.0 Å². The zero-order chi connectivity index (χ0) is 57.4. The zero-order valence-electron chi connectivity index (χ0n) is 49.7. The molecular formula is C62H102N2O10. The molecule has 1 aliphatic heterocycles. The number of cyclic esters (lactones) is 2. The van der Waals surface area contributed by atoms with Crippen molar-refractivity contribution in [3.05, 3.63) is 84.1 Å². The van der Waals surface area contributed by atoms with Crippen LogP contribution < -0.4 is 0 Å². The Kier molecular flexibility index (Phi) is 36.8. The summed E-state index contributed by atoms with van der Waals surface area (Å²) in [6.45, 7) is 39.0. The molecule has 12 heteroatoms. The fourth-order valence-corrected chi connectivity index (χ4v) is 8.56. The van der Waals surface area contributed by atoms with E-state index in [1.165, 1.54) is 23.8 Å². The third-order valence-electron chi connectivity index (χ3n) is 12.3. The summed E-state index contributed by atoms with van der Waals surface area (Å²) in [6.07, 6.45) is -2.77. The molecule has 74 heavy (non-hydrogen) atoms. The van der Waals surface area contributed by atoms with E-state index in [9.17, 15) is 33.6 Å². The highest BCUT2D eigenvalue weighted by Crippen LogP contribution is 2.30. The van der Waals surface area contributed by atoms with Crippen molar-refractivity contribution in [2.24, 2.45) is 41.4 Å². The van der Waals surface area contributed by atoms with Crippen LogP contribution in [0.4, 0.5) is 0 Å². The van der Waals surface area contributed by atoms with Crippen LogP contribution in [0.15, 0.2) is 73.0 Å². The molecule has 2 aromatic rings. The molecule has 0 spiro atoms. The van der Waals surface area contributed by atoms with Crippen molar-refractivity contribution in [1.29, 1.82) is 0 Å². The Hall–Kier alpha value is -5.13. The normalized spacial score (nSPS) is 23.2. The van der Waals surface area contributed by atoms with Crippen molar-refractivity contribution in [3.63, 3.8) is 0 Å². The van der Waals surface area contributed by atoms with Crippen molar-refractivity contribution < 1.29 is 47.8 Å². The van der Waals surface area contributed by atoms with Crippen LogP contribution in [0.2, 0.25) is 0 Å². The second kappa shape index (κ2) is 38.4. The minimum Gasteiger partial charge on any atom is -0.485 e. The molecular weight excluding hydrogens is 933 g/mol. The fraction of sp³-hybridized carbons (Fsp3) is 0.661. The van der Waals surface area contributed by atoms with Gasteiger partial charge in [0.1, 0.15) is 11.8 Å². The van der Waals surface area contributed by atoms with E-state index < -0.39 is 77.7 Å². The summed E-state index contributed by atoms with van der Waals surface area (Å²) in [7, 11) is 3.04. The second-order valence-electron chi connectivity index (χ2n) is 20.2. The number of rotatable bonds is 12. The molecule has 3 rings (SSSR count). The van der Waals surface area contributed by atoms with E-state index in [0.29, 0.717) is 18.4 Å². The predicted molar refractivity (Wildman–Crippen MR) is 301 cm³/mol. The molecule has 1 fully saturated rings. The fourth-order valence-electron chi connectivity index (χ4n) is 8.56. The number of carbonyl (C=O) groups excluding carboxylic acids is 7. The van der Waals surface area contributed by atoms with E-state index in [-0.39, 0.29) is 85.9 Å². The van der Waals surface area contributed by atoms with Gasteiger partial charge in [0.05, 0.1) is 17.7 Å². The summed E-state index contributed by atoms with van der Waals surface area (Å²) in [5.74, 6) is -5.72. The summed E-state index contributed by atoms with van der Waals surface area (Å²) >= 11 is 0. The van der Waals surface area contributed by atoms with E-state index in [2.05, 4.69) is 6.58 Å². The number of hydrogen-bond acceptors (Lipinski definition) is 10.